The molecule has 9 heavy (non-hydrogen) atoms. The van der Waals surface area contributed by atoms with Crippen molar-refractivity contribution < 1.29 is 4.74 Å². The van der Waals surface area contributed by atoms with Gasteiger partial charge in [0, 0.05) is 6.54 Å². The molecule has 0 spiro atoms. The van der Waals surface area contributed by atoms with E-state index in [4.69, 9.17) is 10.5 Å². The van der Waals surface area contributed by atoms with Crippen molar-refractivity contribution >= 4 is 0 Å². The lowest BCUT2D eigenvalue weighted by molar-refractivity contribution is 0.0655. The number of ether oxygens (including phenoxy) is 1. The maximum atomic E-state index is 5.31. The van der Waals surface area contributed by atoms with E-state index in [0.717, 1.165) is 6.42 Å². The molecule has 0 amide bonds. The largest absolute Gasteiger partial charge is 0.377 e. The van der Waals surface area contributed by atoms with Crippen LogP contribution in [-0.2, 0) is 4.74 Å². The molecular formula is C7H17NO. The van der Waals surface area contributed by atoms with Gasteiger partial charge in [-0.1, -0.05) is 13.3 Å². The molecule has 0 bridgehead atoms. The molecule has 56 valence electrons. The minimum absolute atomic E-state index is 0.388. The van der Waals surface area contributed by atoms with Gasteiger partial charge in [0.2, 0.25) is 0 Å². The lowest BCUT2D eigenvalue weighted by Gasteiger charge is -2.09. The van der Waals surface area contributed by atoms with Crippen molar-refractivity contribution in [2.45, 2.75) is 32.8 Å². The van der Waals surface area contributed by atoms with Gasteiger partial charge >= 0.3 is 0 Å². The summed E-state index contributed by atoms with van der Waals surface area (Å²) >= 11 is 0. The molecule has 0 aromatic carbocycles. The highest BCUT2D eigenvalue weighted by atomic mass is 16.5. The molecule has 0 aliphatic rings. The molecule has 0 rings (SSSR count). The summed E-state index contributed by atoms with van der Waals surface area (Å²) in [4.78, 5) is 0. The van der Waals surface area contributed by atoms with Crippen LogP contribution in [0.1, 0.15) is 26.7 Å². The summed E-state index contributed by atoms with van der Waals surface area (Å²) < 4.78 is 5.31. The normalized spacial score (nSPS) is 13.7. The molecule has 2 N–H and O–H groups in total. The Morgan fingerprint density at radius 1 is 1.56 bits per heavy atom. The maximum absolute atomic E-state index is 5.31. The predicted molar refractivity (Wildman–Crippen MR) is 39.4 cm³/mol. The smallest absolute Gasteiger partial charge is 0.0592 e. The zero-order valence-electron chi connectivity index (χ0n) is 6.39. The molecule has 1 unspecified atom stereocenters. The monoisotopic (exact) mass is 131 g/mol. The molecule has 0 saturated carbocycles. The average molecular weight is 131 g/mol. The van der Waals surface area contributed by atoms with Crippen molar-refractivity contribution in [1.82, 2.24) is 0 Å². The molecule has 0 fully saturated rings. The molecule has 0 aromatic heterocycles. The Morgan fingerprint density at radius 3 is 2.67 bits per heavy atom. The number of hydrogen-bond acceptors (Lipinski definition) is 2. The Morgan fingerprint density at radius 2 is 2.22 bits per heavy atom. The molecule has 2 nitrogen and oxygen atoms in total. The van der Waals surface area contributed by atoms with Crippen molar-refractivity contribution in [1.29, 1.82) is 0 Å². The van der Waals surface area contributed by atoms with Gasteiger partial charge in [-0.05, 0) is 13.3 Å². The van der Waals surface area contributed by atoms with Gasteiger partial charge in [-0.25, -0.2) is 0 Å². The molecular weight excluding hydrogens is 114 g/mol. The second kappa shape index (κ2) is 6.05. The maximum Gasteiger partial charge on any atom is 0.0592 e. The van der Waals surface area contributed by atoms with E-state index in [1.54, 1.807) is 0 Å². The van der Waals surface area contributed by atoms with Crippen LogP contribution in [0.5, 0.6) is 0 Å². The van der Waals surface area contributed by atoms with Gasteiger partial charge in [-0.15, -0.1) is 0 Å². The topological polar surface area (TPSA) is 35.2 Å². The molecule has 0 radical (unpaired) electrons. The molecule has 0 saturated heterocycles. The Balaban J connectivity index is 2.95. The van der Waals surface area contributed by atoms with E-state index >= 15 is 0 Å². The van der Waals surface area contributed by atoms with Crippen LogP contribution in [0.25, 0.3) is 0 Å². The molecule has 0 heterocycles. The fraction of sp³-hybridized carbons (Fsp3) is 1.00. The van der Waals surface area contributed by atoms with Gasteiger partial charge in [0.15, 0.2) is 0 Å². The van der Waals surface area contributed by atoms with Crippen LogP contribution in [0.3, 0.4) is 0 Å². The number of nitrogens with two attached hydrogens (primary N) is 1. The average Bonchev–Trinajstić information content (AvgIpc) is 1.85. The highest BCUT2D eigenvalue weighted by Crippen LogP contribution is 1.98. The molecule has 0 aliphatic carbocycles. The van der Waals surface area contributed by atoms with Gasteiger partial charge in [-0.2, -0.15) is 0 Å². The number of rotatable bonds is 5. The Bertz CT molecular complexity index is 56.9. The van der Waals surface area contributed by atoms with Gasteiger partial charge in [-0.3, -0.25) is 0 Å². The van der Waals surface area contributed by atoms with Crippen LogP contribution in [0.4, 0.5) is 0 Å². The Labute approximate surface area is 57.4 Å². The first-order valence-electron chi connectivity index (χ1n) is 3.63. The van der Waals surface area contributed by atoms with Crippen LogP contribution >= 0.6 is 0 Å². The van der Waals surface area contributed by atoms with Crippen LogP contribution in [-0.4, -0.2) is 19.3 Å². The highest BCUT2D eigenvalue weighted by Gasteiger charge is 1.96. The van der Waals surface area contributed by atoms with E-state index in [1.165, 1.54) is 6.42 Å². The minimum Gasteiger partial charge on any atom is -0.377 e. The second-order valence-corrected chi connectivity index (χ2v) is 2.26. The summed E-state index contributed by atoms with van der Waals surface area (Å²) in [7, 11) is 0. The van der Waals surface area contributed by atoms with E-state index in [2.05, 4.69) is 13.8 Å². The van der Waals surface area contributed by atoms with Gasteiger partial charge in [0.1, 0.15) is 0 Å². The van der Waals surface area contributed by atoms with Crippen LogP contribution in [0.2, 0.25) is 0 Å². The van der Waals surface area contributed by atoms with Crippen molar-refractivity contribution in [2.75, 3.05) is 13.2 Å². The summed E-state index contributed by atoms with van der Waals surface area (Å²) in [5.74, 6) is 0. The summed E-state index contributed by atoms with van der Waals surface area (Å²) in [6.45, 7) is 5.57. The van der Waals surface area contributed by atoms with E-state index in [9.17, 15) is 0 Å². The first-order chi connectivity index (χ1) is 4.31. The van der Waals surface area contributed by atoms with Crippen molar-refractivity contribution in [3.8, 4) is 0 Å². The van der Waals surface area contributed by atoms with Crippen molar-refractivity contribution in [3.05, 3.63) is 0 Å². The Kier molecular flexibility index (Phi) is 5.99. The summed E-state index contributed by atoms with van der Waals surface area (Å²) in [6, 6.07) is 0. The van der Waals surface area contributed by atoms with Gasteiger partial charge in [0.25, 0.3) is 0 Å². The molecule has 0 aliphatic heterocycles. The first-order valence-corrected chi connectivity index (χ1v) is 3.63. The van der Waals surface area contributed by atoms with Gasteiger partial charge < -0.3 is 10.5 Å². The fourth-order valence-corrected chi connectivity index (χ4v) is 0.759. The SMILES string of the molecule is CCCC(C)OCCN. The van der Waals surface area contributed by atoms with E-state index in [-0.39, 0.29) is 0 Å². The quantitative estimate of drug-likeness (QED) is 0.607. The molecule has 0 aromatic rings. The third-order valence-electron chi connectivity index (χ3n) is 1.22. The zero-order chi connectivity index (χ0) is 7.11. The van der Waals surface area contributed by atoms with Crippen LogP contribution in [0, 0.1) is 0 Å². The van der Waals surface area contributed by atoms with Crippen LogP contribution in [0.15, 0.2) is 0 Å². The minimum atomic E-state index is 0.388. The highest BCUT2D eigenvalue weighted by molar-refractivity contribution is 4.47. The van der Waals surface area contributed by atoms with Crippen molar-refractivity contribution in [3.63, 3.8) is 0 Å². The van der Waals surface area contributed by atoms with Gasteiger partial charge in [0.05, 0.1) is 12.7 Å². The fourth-order valence-electron chi connectivity index (χ4n) is 0.759. The summed E-state index contributed by atoms with van der Waals surface area (Å²) in [6.07, 6.45) is 2.71. The number of hydrogen-bond donors (Lipinski definition) is 1. The third kappa shape index (κ3) is 5.80. The lowest BCUT2D eigenvalue weighted by atomic mass is 10.2. The predicted octanol–water partition coefficient (Wildman–Crippen LogP) is 1.15. The summed E-state index contributed by atoms with van der Waals surface area (Å²) in [5.41, 5.74) is 5.25. The second-order valence-electron chi connectivity index (χ2n) is 2.26. The standard InChI is InChI=1S/C7H17NO/c1-3-4-7(2)9-6-5-8/h7H,3-6,8H2,1-2H3. The van der Waals surface area contributed by atoms with Crippen molar-refractivity contribution in [2.24, 2.45) is 5.73 Å². The third-order valence-corrected chi connectivity index (χ3v) is 1.22. The van der Waals surface area contributed by atoms with E-state index < -0.39 is 0 Å². The molecule has 1 atom stereocenters. The summed E-state index contributed by atoms with van der Waals surface area (Å²) in [5, 5.41) is 0. The zero-order valence-corrected chi connectivity index (χ0v) is 6.39. The van der Waals surface area contributed by atoms with E-state index in [0.29, 0.717) is 19.3 Å². The van der Waals surface area contributed by atoms with E-state index in [1.807, 2.05) is 0 Å². The molecule has 2 heteroatoms. The lowest BCUT2D eigenvalue weighted by Crippen LogP contribution is -2.14. The van der Waals surface area contributed by atoms with Crippen LogP contribution < -0.4 is 5.73 Å². The first kappa shape index (κ1) is 8.92. The Hall–Kier alpha value is -0.0800.